The number of halogens is 4. The van der Waals surface area contributed by atoms with Gasteiger partial charge < -0.3 is 15.4 Å². The molecular formula is C26H20F4N4O2S. The lowest BCUT2D eigenvalue weighted by molar-refractivity contribution is -0.137. The number of amides is 1. The molecule has 2 aromatic heterocycles. The van der Waals surface area contributed by atoms with E-state index in [1.54, 1.807) is 10.9 Å². The summed E-state index contributed by atoms with van der Waals surface area (Å²) in [6.45, 7) is 0.656. The van der Waals surface area contributed by atoms with Crippen molar-refractivity contribution in [3.05, 3.63) is 86.1 Å². The van der Waals surface area contributed by atoms with Crippen LogP contribution in [0.4, 0.5) is 23.4 Å². The Kier molecular flexibility index (Phi) is 5.64. The molecule has 0 radical (unpaired) electrons. The average molecular weight is 529 g/mol. The van der Waals surface area contributed by atoms with Gasteiger partial charge in [0.15, 0.2) is 0 Å². The lowest BCUT2D eigenvalue weighted by Gasteiger charge is -2.30. The van der Waals surface area contributed by atoms with Crippen molar-refractivity contribution in [1.29, 1.82) is 0 Å². The van der Waals surface area contributed by atoms with Crippen LogP contribution in [0.2, 0.25) is 0 Å². The van der Waals surface area contributed by atoms with Crippen LogP contribution < -0.4 is 5.73 Å². The van der Waals surface area contributed by atoms with E-state index in [9.17, 15) is 18.0 Å². The highest BCUT2D eigenvalue weighted by Crippen LogP contribution is 2.41. The van der Waals surface area contributed by atoms with Gasteiger partial charge in [0.2, 0.25) is 0 Å². The zero-order valence-electron chi connectivity index (χ0n) is 19.3. The first kappa shape index (κ1) is 23.8. The average Bonchev–Trinajstić information content (AvgIpc) is 3.62. The van der Waals surface area contributed by atoms with Gasteiger partial charge in [-0.1, -0.05) is 6.07 Å². The second-order valence-electron chi connectivity index (χ2n) is 9.17. The SMILES string of the molecule is Nc1nc2cc(F)c(C(=O)N(Cc3cscn3)C3CCc4cc(C(F)(F)F)ccc43)cc2c2c1COC2. The summed E-state index contributed by atoms with van der Waals surface area (Å²) in [5.74, 6) is -1.06. The molecule has 2 aromatic carbocycles. The van der Waals surface area contributed by atoms with Gasteiger partial charge in [-0.15, -0.1) is 11.3 Å². The number of aryl methyl sites for hydroxylation is 1. The number of rotatable bonds is 4. The summed E-state index contributed by atoms with van der Waals surface area (Å²) in [6, 6.07) is 5.72. The second-order valence-corrected chi connectivity index (χ2v) is 9.89. The van der Waals surface area contributed by atoms with Crippen LogP contribution in [0.3, 0.4) is 0 Å². The van der Waals surface area contributed by atoms with E-state index < -0.39 is 29.5 Å². The zero-order valence-corrected chi connectivity index (χ0v) is 20.1. The Morgan fingerprint density at radius 2 is 2.00 bits per heavy atom. The molecule has 2 aliphatic rings. The molecule has 1 atom stereocenters. The van der Waals surface area contributed by atoms with E-state index in [1.807, 2.05) is 0 Å². The summed E-state index contributed by atoms with van der Waals surface area (Å²) in [4.78, 5) is 24.0. The van der Waals surface area contributed by atoms with E-state index in [0.29, 0.717) is 47.2 Å². The summed E-state index contributed by atoms with van der Waals surface area (Å²) < 4.78 is 60.7. The second kappa shape index (κ2) is 8.77. The van der Waals surface area contributed by atoms with Gasteiger partial charge in [-0.2, -0.15) is 13.2 Å². The first-order valence-corrected chi connectivity index (χ1v) is 12.5. The number of carbonyl (C=O) groups excluding carboxylic acids is 1. The smallest absolute Gasteiger partial charge is 0.383 e. The van der Waals surface area contributed by atoms with Crippen LogP contribution in [0.25, 0.3) is 10.9 Å². The normalized spacial score (nSPS) is 16.7. The third-order valence-electron chi connectivity index (χ3n) is 7.02. The molecule has 0 spiro atoms. The molecule has 0 bridgehead atoms. The number of benzene rings is 2. The Balaban J connectivity index is 1.43. The first-order chi connectivity index (χ1) is 17.7. The third kappa shape index (κ3) is 4.11. The molecule has 190 valence electrons. The molecule has 6 rings (SSSR count). The van der Waals surface area contributed by atoms with Crippen LogP contribution in [-0.2, 0) is 37.1 Å². The first-order valence-electron chi connectivity index (χ1n) is 11.6. The number of hydrogen-bond donors (Lipinski definition) is 1. The molecule has 0 saturated carbocycles. The topological polar surface area (TPSA) is 81.3 Å². The van der Waals surface area contributed by atoms with Gasteiger partial charge in [-0.3, -0.25) is 4.79 Å². The summed E-state index contributed by atoms with van der Waals surface area (Å²) in [5, 5.41) is 2.37. The van der Waals surface area contributed by atoms with Crippen molar-refractivity contribution >= 4 is 34.0 Å². The maximum atomic E-state index is 15.4. The van der Waals surface area contributed by atoms with Gasteiger partial charge in [0.05, 0.1) is 53.6 Å². The maximum Gasteiger partial charge on any atom is 0.416 e. The van der Waals surface area contributed by atoms with Crippen LogP contribution >= 0.6 is 11.3 Å². The zero-order chi connectivity index (χ0) is 25.9. The monoisotopic (exact) mass is 528 g/mol. The van der Waals surface area contributed by atoms with E-state index in [-0.39, 0.29) is 24.5 Å². The van der Waals surface area contributed by atoms with Crippen molar-refractivity contribution in [1.82, 2.24) is 14.9 Å². The fraction of sp³-hybridized carbons (Fsp3) is 0.269. The quantitative estimate of drug-likeness (QED) is 0.339. The molecule has 1 unspecified atom stereocenters. The Labute approximate surface area is 212 Å². The summed E-state index contributed by atoms with van der Waals surface area (Å²) in [7, 11) is 0. The van der Waals surface area contributed by atoms with Crippen LogP contribution in [-0.4, -0.2) is 20.8 Å². The number of aromatic nitrogens is 2. The molecule has 1 aliphatic heterocycles. The van der Waals surface area contributed by atoms with Gasteiger partial charge in [0.25, 0.3) is 5.91 Å². The van der Waals surface area contributed by atoms with E-state index in [2.05, 4.69) is 9.97 Å². The molecule has 6 nitrogen and oxygen atoms in total. The van der Waals surface area contributed by atoms with Gasteiger partial charge in [0.1, 0.15) is 11.6 Å². The molecule has 1 aliphatic carbocycles. The number of fused-ring (bicyclic) bond motifs is 4. The van der Waals surface area contributed by atoms with E-state index in [1.165, 1.54) is 34.4 Å². The lowest BCUT2D eigenvalue weighted by atomic mass is 10.00. The minimum atomic E-state index is -4.46. The number of alkyl halides is 3. The largest absolute Gasteiger partial charge is 0.416 e. The summed E-state index contributed by atoms with van der Waals surface area (Å²) >= 11 is 1.36. The predicted octanol–water partition coefficient (Wildman–Crippen LogP) is 5.79. The molecule has 0 saturated heterocycles. The number of carbonyl (C=O) groups is 1. The molecule has 37 heavy (non-hydrogen) atoms. The van der Waals surface area contributed by atoms with Crippen molar-refractivity contribution < 1.29 is 27.1 Å². The van der Waals surface area contributed by atoms with Crippen molar-refractivity contribution in [2.75, 3.05) is 5.73 Å². The highest BCUT2D eigenvalue weighted by atomic mass is 32.1. The van der Waals surface area contributed by atoms with Crippen LogP contribution in [0.5, 0.6) is 0 Å². The highest BCUT2D eigenvalue weighted by molar-refractivity contribution is 7.07. The maximum absolute atomic E-state index is 15.4. The van der Waals surface area contributed by atoms with Gasteiger partial charge in [-0.25, -0.2) is 14.4 Å². The summed E-state index contributed by atoms with van der Waals surface area (Å²) in [5.41, 5.74) is 10.4. The number of hydrogen-bond acceptors (Lipinski definition) is 6. The third-order valence-corrected chi connectivity index (χ3v) is 7.65. The number of nitrogens with zero attached hydrogens (tertiary/aromatic N) is 3. The van der Waals surface area contributed by atoms with E-state index in [0.717, 1.165) is 23.3 Å². The lowest BCUT2D eigenvalue weighted by Crippen LogP contribution is -2.34. The Hall–Kier alpha value is -3.57. The van der Waals surface area contributed by atoms with Crippen molar-refractivity contribution in [3.63, 3.8) is 0 Å². The Morgan fingerprint density at radius 3 is 2.76 bits per heavy atom. The van der Waals surface area contributed by atoms with Crippen molar-refractivity contribution in [3.8, 4) is 0 Å². The number of anilines is 1. The van der Waals surface area contributed by atoms with E-state index >= 15 is 4.39 Å². The fourth-order valence-corrected chi connectivity index (χ4v) is 5.77. The van der Waals surface area contributed by atoms with Gasteiger partial charge in [0, 0.05) is 22.4 Å². The molecule has 0 fully saturated rings. The molecule has 1 amide bonds. The minimum Gasteiger partial charge on any atom is -0.383 e. The van der Waals surface area contributed by atoms with Crippen LogP contribution in [0.1, 0.15) is 56.3 Å². The Morgan fingerprint density at radius 1 is 1.19 bits per heavy atom. The predicted molar refractivity (Wildman–Crippen MR) is 129 cm³/mol. The number of pyridine rings is 1. The molecule has 11 heteroatoms. The van der Waals surface area contributed by atoms with Crippen molar-refractivity contribution in [2.45, 2.75) is 44.8 Å². The van der Waals surface area contributed by atoms with Gasteiger partial charge in [-0.05, 0) is 47.7 Å². The molecule has 2 N–H and O–H groups in total. The standard InChI is InChI=1S/C26H20F4N4O2S/c27-21-7-22-17(19-9-36-10-20(19)24(31)33-22)6-18(21)25(35)34(8-15-11-37-12-32-15)23-4-1-13-5-14(26(28,29)30)2-3-16(13)23/h2-3,5-7,11-12,23H,1,4,8-10H2,(H2,31,33). The van der Waals surface area contributed by atoms with Crippen LogP contribution in [0.15, 0.2) is 41.2 Å². The minimum absolute atomic E-state index is 0.0894. The van der Waals surface area contributed by atoms with Crippen LogP contribution in [0, 0.1) is 5.82 Å². The molecular weight excluding hydrogens is 508 g/mol. The number of nitrogens with two attached hydrogens (primary N) is 1. The van der Waals surface area contributed by atoms with Crippen molar-refractivity contribution in [2.24, 2.45) is 0 Å². The van der Waals surface area contributed by atoms with Gasteiger partial charge >= 0.3 is 6.18 Å². The molecule has 4 aromatic rings. The number of ether oxygens (including phenoxy) is 1. The highest BCUT2D eigenvalue weighted by Gasteiger charge is 2.37. The number of nitrogen functional groups attached to an aromatic ring is 1. The Bertz CT molecular complexity index is 1540. The number of thiazole rings is 1. The fourth-order valence-electron chi connectivity index (χ4n) is 5.22. The summed E-state index contributed by atoms with van der Waals surface area (Å²) in [6.07, 6.45) is -3.67. The van der Waals surface area contributed by atoms with E-state index in [4.69, 9.17) is 10.5 Å². The molecule has 3 heterocycles.